The van der Waals surface area contributed by atoms with Gasteiger partial charge in [-0.3, -0.25) is 4.79 Å². The van der Waals surface area contributed by atoms with Gasteiger partial charge in [0, 0.05) is 12.0 Å². The summed E-state index contributed by atoms with van der Waals surface area (Å²) in [6.07, 6.45) is 0. The number of carboxylic acid groups (broad SMARTS) is 1. The number of furan rings is 1. The maximum atomic E-state index is 12.0. The van der Waals surface area contributed by atoms with Crippen LogP contribution in [0.25, 0.3) is 0 Å². The number of hydrogen-bond acceptors (Lipinski definition) is 3. The van der Waals surface area contributed by atoms with Gasteiger partial charge >= 0.3 is 5.97 Å². The van der Waals surface area contributed by atoms with Crippen molar-refractivity contribution in [2.45, 2.75) is 26.2 Å². The minimum absolute atomic E-state index is 0.00187. The molecule has 0 unspecified atom stereocenters. The summed E-state index contributed by atoms with van der Waals surface area (Å²) in [6, 6.07) is 10.6. The molecule has 0 aliphatic carbocycles. The fraction of sp³-hybridized carbons (Fsp3) is 0.294. The van der Waals surface area contributed by atoms with E-state index in [2.05, 4.69) is 5.32 Å². The number of nitrogens with one attached hydrogen (secondary N) is 1. The molecule has 22 heavy (non-hydrogen) atoms. The molecule has 0 bridgehead atoms. The average molecular weight is 301 g/mol. The summed E-state index contributed by atoms with van der Waals surface area (Å²) in [7, 11) is 0. The van der Waals surface area contributed by atoms with Crippen molar-refractivity contribution in [1.82, 2.24) is 5.32 Å². The molecule has 1 aromatic carbocycles. The summed E-state index contributed by atoms with van der Waals surface area (Å²) in [4.78, 5) is 22.8. The van der Waals surface area contributed by atoms with Crippen molar-refractivity contribution in [2.75, 3.05) is 6.54 Å². The summed E-state index contributed by atoms with van der Waals surface area (Å²) in [5.41, 5.74) is 2.07. The van der Waals surface area contributed by atoms with Gasteiger partial charge in [0.25, 0.3) is 5.91 Å². The highest BCUT2D eigenvalue weighted by Crippen LogP contribution is 2.25. The Morgan fingerprint density at radius 1 is 1.14 bits per heavy atom. The van der Waals surface area contributed by atoms with Gasteiger partial charge in [0.05, 0.1) is 0 Å². The second-order valence-electron chi connectivity index (χ2n) is 5.85. The summed E-state index contributed by atoms with van der Waals surface area (Å²) in [5.74, 6) is -1.87. The minimum Gasteiger partial charge on any atom is -0.475 e. The zero-order chi connectivity index (χ0) is 16.3. The molecule has 0 aliphatic rings. The number of aryl methyl sites for hydroxylation is 1. The number of amides is 1. The topological polar surface area (TPSA) is 79.5 Å². The molecule has 2 N–H and O–H groups in total. The molecule has 0 radical (unpaired) electrons. The second kappa shape index (κ2) is 6.05. The van der Waals surface area contributed by atoms with Crippen molar-refractivity contribution in [2.24, 2.45) is 0 Å². The Balaban J connectivity index is 2.06. The van der Waals surface area contributed by atoms with Crippen molar-refractivity contribution in [3.05, 3.63) is 59.0 Å². The van der Waals surface area contributed by atoms with Crippen LogP contribution in [0.4, 0.5) is 0 Å². The van der Waals surface area contributed by atoms with Crippen LogP contribution in [0, 0.1) is 6.92 Å². The summed E-state index contributed by atoms with van der Waals surface area (Å²) < 4.78 is 4.99. The molecule has 2 aromatic rings. The van der Waals surface area contributed by atoms with Gasteiger partial charge in [0.15, 0.2) is 5.76 Å². The number of benzene rings is 1. The van der Waals surface area contributed by atoms with Crippen molar-refractivity contribution in [3.8, 4) is 0 Å². The first-order valence-electron chi connectivity index (χ1n) is 6.99. The SMILES string of the molecule is Cc1ccccc1C(C)(C)CNC(=O)c1ccc(C(=O)O)o1. The molecule has 2 rings (SSSR count). The van der Waals surface area contributed by atoms with E-state index >= 15 is 0 Å². The maximum Gasteiger partial charge on any atom is 0.371 e. The maximum absolute atomic E-state index is 12.0. The van der Waals surface area contributed by atoms with Gasteiger partial charge in [-0.05, 0) is 30.2 Å². The fourth-order valence-corrected chi connectivity index (χ4v) is 2.39. The molecule has 1 heterocycles. The Kier molecular flexibility index (Phi) is 4.35. The van der Waals surface area contributed by atoms with Crippen LogP contribution >= 0.6 is 0 Å². The highest BCUT2D eigenvalue weighted by atomic mass is 16.4. The van der Waals surface area contributed by atoms with Crippen LogP contribution < -0.4 is 5.32 Å². The predicted molar refractivity (Wildman–Crippen MR) is 82.2 cm³/mol. The van der Waals surface area contributed by atoms with Crippen LogP contribution in [0.3, 0.4) is 0 Å². The van der Waals surface area contributed by atoms with Crippen molar-refractivity contribution >= 4 is 11.9 Å². The highest BCUT2D eigenvalue weighted by molar-refractivity contribution is 5.93. The van der Waals surface area contributed by atoms with Gasteiger partial charge in [-0.25, -0.2) is 4.79 Å². The first-order chi connectivity index (χ1) is 10.3. The van der Waals surface area contributed by atoms with E-state index in [0.717, 1.165) is 11.1 Å². The smallest absolute Gasteiger partial charge is 0.371 e. The largest absolute Gasteiger partial charge is 0.475 e. The first-order valence-corrected chi connectivity index (χ1v) is 6.99. The Hall–Kier alpha value is -2.56. The van der Waals surface area contributed by atoms with E-state index in [1.807, 2.05) is 45.0 Å². The van der Waals surface area contributed by atoms with E-state index in [0.29, 0.717) is 6.54 Å². The van der Waals surface area contributed by atoms with Gasteiger partial charge in [-0.1, -0.05) is 38.1 Å². The Bertz CT molecular complexity index is 700. The third-order valence-corrected chi connectivity index (χ3v) is 3.61. The average Bonchev–Trinajstić information content (AvgIpc) is 2.95. The Labute approximate surface area is 129 Å². The molecule has 5 heteroatoms. The number of aromatic carboxylic acids is 1. The second-order valence-corrected chi connectivity index (χ2v) is 5.85. The van der Waals surface area contributed by atoms with Crippen LogP contribution in [0.1, 0.15) is 46.1 Å². The lowest BCUT2D eigenvalue weighted by Crippen LogP contribution is -2.37. The van der Waals surface area contributed by atoms with Crippen molar-refractivity contribution in [1.29, 1.82) is 0 Å². The van der Waals surface area contributed by atoms with Gasteiger partial charge in [-0.15, -0.1) is 0 Å². The summed E-state index contributed by atoms with van der Waals surface area (Å²) in [5, 5.41) is 11.6. The lowest BCUT2D eigenvalue weighted by Gasteiger charge is -2.27. The highest BCUT2D eigenvalue weighted by Gasteiger charge is 2.24. The van der Waals surface area contributed by atoms with Crippen molar-refractivity contribution in [3.63, 3.8) is 0 Å². The molecule has 0 fully saturated rings. The van der Waals surface area contributed by atoms with Gasteiger partial charge in [0.1, 0.15) is 0 Å². The number of carbonyl (C=O) groups excluding carboxylic acids is 1. The van der Waals surface area contributed by atoms with E-state index in [1.54, 1.807) is 0 Å². The van der Waals surface area contributed by atoms with Gasteiger partial charge in [0.2, 0.25) is 5.76 Å². The summed E-state index contributed by atoms with van der Waals surface area (Å²) >= 11 is 0. The fourth-order valence-electron chi connectivity index (χ4n) is 2.39. The van der Waals surface area contributed by atoms with E-state index in [4.69, 9.17) is 9.52 Å². The molecular weight excluding hydrogens is 282 g/mol. The minimum atomic E-state index is -1.20. The number of carbonyl (C=O) groups is 2. The van der Waals surface area contributed by atoms with Crippen LogP contribution in [-0.4, -0.2) is 23.5 Å². The van der Waals surface area contributed by atoms with Crippen LogP contribution in [0.2, 0.25) is 0 Å². The molecule has 0 atom stereocenters. The van der Waals surface area contributed by atoms with Crippen molar-refractivity contribution < 1.29 is 19.1 Å². The van der Waals surface area contributed by atoms with E-state index in [-0.39, 0.29) is 16.9 Å². The van der Waals surface area contributed by atoms with Crippen LogP contribution in [0.5, 0.6) is 0 Å². The van der Waals surface area contributed by atoms with E-state index in [1.165, 1.54) is 12.1 Å². The molecular formula is C17H19NO4. The molecule has 0 saturated carbocycles. The summed E-state index contributed by atoms with van der Waals surface area (Å²) in [6.45, 7) is 6.53. The third-order valence-electron chi connectivity index (χ3n) is 3.61. The molecule has 1 aromatic heterocycles. The number of rotatable bonds is 5. The zero-order valence-corrected chi connectivity index (χ0v) is 12.8. The van der Waals surface area contributed by atoms with Crippen LogP contribution in [0.15, 0.2) is 40.8 Å². The Morgan fingerprint density at radius 2 is 1.77 bits per heavy atom. The third kappa shape index (κ3) is 3.36. The molecule has 116 valence electrons. The lowest BCUT2D eigenvalue weighted by molar-refractivity contribution is 0.0659. The lowest BCUT2D eigenvalue weighted by atomic mass is 9.82. The molecule has 1 amide bonds. The van der Waals surface area contributed by atoms with Gasteiger partial charge in [-0.2, -0.15) is 0 Å². The number of hydrogen-bond donors (Lipinski definition) is 2. The normalized spacial score (nSPS) is 11.2. The molecule has 5 nitrogen and oxygen atoms in total. The monoisotopic (exact) mass is 301 g/mol. The number of carboxylic acids is 1. The predicted octanol–water partition coefficient (Wildman–Crippen LogP) is 2.99. The van der Waals surface area contributed by atoms with E-state index < -0.39 is 11.9 Å². The zero-order valence-electron chi connectivity index (χ0n) is 12.8. The first kappa shape index (κ1) is 15.8. The molecule has 0 aliphatic heterocycles. The van der Waals surface area contributed by atoms with Crippen LogP contribution in [-0.2, 0) is 5.41 Å². The Morgan fingerprint density at radius 3 is 2.36 bits per heavy atom. The molecule has 0 saturated heterocycles. The van der Waals surface area contributed by atoms with E-state index in [9.17, 15) is 9.59 Å². The standard InChI is InChI=1S/C17H19NO4/c1-11-6-4-5-7-12(11)17(2,3)10-18-15(19)13-8-9-14(22-13)16(20)21/h4-9H,10H2,1-3H3,(H,18,19)(H,20,21). The molecule has 0 spiro atoms. The van der Waals surface area contributed by atoms with Gasteiger partial charge < -0.3 is 14.8 Å². The quantitative estimate of drug-likeness (QED) is 0.889.